The van der Waals surface area contributed by atoms with Crippen LogP contribution in [0.3, 0.4) is 0 Å². The molecule has 1 aliphatic rings. The van der Waals surface area contributed by atoms with Gasteiger partial charge < -0.3 is 9.64 Å². The number of alkyl halides is 3. The fourth-order valence-electron chi connectivity index (χ4n) is 1.66. The second-order valence-electron chi connectivity index (χ2n) is 4.65. The average molecular weight is 321 g/mol. The van der Waals surface area contributed by atoms with Crippen molar-refractivity contribution in [1.29, 1.82) is 0 Å². The molecule has 0 fully saturated rings. The maximum atomic E-state index is 12.5. The van der Waals surface area contributed by atoms with Crippen molar-refractivity contribution in [2.75, 3.05) is 20.6 Å². The van der Waals surface area contributed by atoms with Crippen LogP contribution >= 0.6 is 11.6 Å². The molecule has 0 N–H and O–H groups in total. The second kappa shape index (κ2) is 5.48. The smallest absolute Gasteiger partial charge is 0.416 e. The molecule has 1 aromatic carbocycles. The zero-order valence-electron chi connectivity index (χ0n) is 11.2. The third-order valence-electron chi connectivity index (χ3n) is 2.75. The van der Waals surface area contributed by atoms with E-state index in [1.54, 1.807) is 14.1 Å². The molecule has 0 unspecified atom stereocenters. The summed E-state index contributed by atoms with van der Waals surface area (Å²) >= 11 is 5.77. The van der Waals surface area contributed by atoms with Crippen LogP contribution in [0.1, 0.15) is 5.56 Å². The van der Waals surface area contributed by atoms with Gasteiger partial charge in [-0.25, -0.2) is 4.79 Å². The van der Waals surface area contributed by atoms with E-state index in [1.807, 2.05) is 0 Å². The number of hydrogen-bond acceptors (Lipinski definition) is 2. The first-order chi connectivity index (χ1) is 9.68. The first kappa shape index (κ1) is 15.5. The number of hydrogen-bond donors (Lipinski definition) is 0. The molecule has 114 valence electrons. The Labute approximate surface area is 124 Å². The summed E-state index contributed by atoms with van der Waals surface area (Å²) in [5.74, 6) is 0.569. The van der Waals surface area contributed by atoms with Gasteiger partial charge in [-0.05, 0) is 18.2 Å². The molecule has 21 heavy (non-hydrogen) atoms. The lowest BCUT2D eigenvalue weighted by Crippen LogP contribution is -2.43. The summed E-state index contributed by atoms with van der Waals surface area (Å²) in [4.78, 5) is 14.4. The maximum absolute atomic E-state index is 12.5. The van der Waals surface area contributed by atoms with Crippen LogP contribution in [0.5, 0.6) is 5.75 Å². The Morgan fingerprint density at radius 1 is 1.38 bits per heavy atom. The van der Waals surface area contributed by atoms with Crippen molar-refractivity contribution in [3.8, 4) is 5.75 Å². The predicted octanol–water partition coefficient (Wildman–Crippen LogP) is 3.58. The van der Waals surface area contributed by atoms with E-state index < -0.39 is 11.7 Å². The van der Waals surface area contributed by atoms with E-state index >= 15 is 0 Å². The SMILES string of the molecule is CN(C)C(=O)N1C=C(Oc2ccc(C(F)(F)F)cc2Cl)C1. The van der Waals surface area contributed by atoms with Crippen LogP contribution in [0.15, 0.2) is 30.2 Å². The molecule has 1 aliphatic heterocycles. The highest BCUT2D eigenvalue weighted by Gasteiger charge is 2.31. The molecular formula is C13H12ClF3N2O2. The Hall–Kier alpha value is -1.89. The lowest BCUT2D eigenvalue weighted by atomic mass is 10.2. The molecule has 0 saturated heterocycles. The summed E-state index contributed by atoms with van der Waals surface area (Å²) < 4.78 is 42.8. The molecule has 2 rings (SSSR count). The molecule has 1 aromatic rings. The highest BCUT2D eigenvalue weighted by Crippen LogP contribution is 2.35. The van der Waals surface area contributed by atoms with Crippen molar-refractivity contribution in [2.24, 2.45) is 0 Å². The maximum Gasteiger partial charge on any atom is 0.416 e. The third kappa shape index (κ3) is 3.41. The van der Waals surface area contributed by atoms with E-state index in [0.29, 0.717) is 5.76 Å². The summed E-state index contributed by atoms with van der Waals surface area (Å²) in [5, 5.41) is -0.136. The summed E-state index contributed by atoms with van der Waals surface area (Å²) in [5.41, 5.74) is -0.841. The van der Waals surface area contributed by atoms with Gasteiger partial charge in [-0.3, -0.25) is 4.90 Å². The zero-order chi connectivity index (χ0) is 15.8. The fraction of sp³-hybridized carbons (Fsp3) is 0.308. The summed E-state index contributed by atoms with van der Waals surface area (Å²) in [6, 6.07) is 2.64. The average Bonchev–Trinajstić information content (AvgIpc) is 2.32. The Morgan fingerprint density at radius 2 is 2.00 bits per heavy atom. The molecule has 8 heteroatoms. The minimum atomic E-state index is -4.45. The Morgan fingerprint density at radius 3 is 2.48 bits per heavy atom. The van der Waals surface area contributed by atoms with Crippen LogP contribution < -0.4 is 4.74 Å². The number of carbonyl (C=O) groups excluding carboxylic acids is 1. The van der Waals surface area contributed by atoms with Gasteiger partial charge in [0.15, 0.2) is 0 Å². The molecule has 0 bridgehead atoms. The molecule has 4 nitrogen and oxygen atoms in total. The summed E-state index contributed by atoms with van der Waals surface area (Å²) in [6.07, 6.45) is -2.98. The van der Waals surface area contributed by atoms with Gasteiger partial charge in [-0.15, -0.1) is 0 Å². The van der Waals surface area contributed by atoms with Crippen molar-refractivity contribution in [2.45, 2.75) is 6.18 Å². The van der Waals surface area contributed by atoms with Crippen molar-refractivity contribution in [3.05, 3.63) is 40.7 Å². The van der Waals surface area contributed by atoms with Gasteiger partial charge in [-0.1, -0.05) is 11.6 Å². The lowest BCUT2D eigenvalue weighted by molar-refractivity contribution is -0.137. The van der Waals surface area contributed by atoms with Crippen LogP contribution in [-0.2, 0) is 6.18 Å². The van der Waals surface area contributed by atoms with Crippen LogP contribution in [-0.4, -0.2) is 36.5 Å². The second-order valence-corrected chi connectivity index (χ2v) is 5.05. The standard InChI is InChI=1S/C13H12ClF3N2O2/c1-18(2)12(20)19-6-9(7-19)21-11-4-3-8(5-10(11)14)13(15,16)17/h3-6H,7H2,1-2H3. The molecule has 0 aromatic heterocycles. The summed E-state index contributed by atoms with van der Waals surface area (Å²) in [6.45, 7) is 0.244. The quantitative estimate of drug-likeness (QED) is 0.834. The van der Waals surface area contributed by atoms with Crippen LogP contribution in [0, 0.1) is 0 Å². The van der Waals surface area contributed by atoms with E-state index in [-0.39, 0.29) is 23.3 Å². The van der Waals surface area contributed by atoms with Crippen LogP contribution in [0.2, 0.25) is 5.02 Å². The number of nitrogens with zero attached hydrogens (tertiary/aromatic N) is 2. The number of benzene rings is 1. The van der Waals surface area contributed by atoms with Gasteiger partial charge >= 0.3 is 12.2 Å². The lowest BCUT2D eigenvalue weighted by Gasteiger charge is -2.31. The van der Waals surface area contributed by atoms with Gasteiger partial charge in [0, 0.05) is 20.3 Å². The summed E-state index contributed by atoms with van der Waals surface area (Å²) in [7, 11) is 3.23. The van der Waals surface area contributed by atoms with Crippen molar-refractivity contribution in [3.63, 3.8) is 0 Å². The van der Waals surface area contributed by atoms with Gasteiger partial charge in [0.2, 0.25) is 0 Å². The van der Waals surface area contributed by atoms with E-state index in [2.05, 4.69) is 0 Å². The molecule has 0 spiro atoms. The predicted molar refractivity (Wildman–Crippen MR) is 71.0 cm³/mol. The monoisotopic (exact) mass is 320 g/mol. The third-order valence-corrected chi connectivity index (χ3v) is 3.05. The number of urea groups is 1. The first-order valence-electron chi connectivity index (χ1n) is 5.91. The number of amides is 2. The minimum Gasteiger partial charge on any atom is -0.457 e. The molecule has 0 aliphatic carbocycles. The Kier molecular flexibility index (Phi) is 4.04. The van der Waals surface area contributed by atoms with Crippen LogP contribution in [0.4, 0.5) is 18.0 Å². The number of carbonyl (C=O) groups is 1. The number of rotatable bonds is 2. The number of halogens is 4. The molecule has 0 atom stereocenters. The molecule has 2 amide bonds. The van der Waals surface area contributed by atoms with E-state index in [9.17, 15) is 18.0 Å². The van der Waals surface area contributed by atoms with Gasteiger partial charge in [0.1, 0.15) is 11.5 Å². The van der Waals surface area contributed by atoms with Crippen molar-refractivity contribution >= 4 is 17.6 Å². The first-order valence-corrected chi connectivity index (χ1v) is 6.29. The highest BCUT2D eigenvalue weighted by molar-refractivity contribution is 6.32. The topological polar surface area (TPSA) is 32.8 Å². The Balaban J connectivity index is 2.06. The van der Waals surface area contributed by atoms with Gasteiger partial charge in [-0.2, -0.15) is 13.2 Å². The fourth-order valence-corrected chi connectivity index (χ4v) is 1.87. The molecular weight excluding hydrogens is 309 g/mol. The van der Waals surface area contributed by atoms with E-state index in [4.69, 9.17) is 16.3 Å². The van der Waals surface area contributed by atoms with Crippen molar-refractivity contribution in [1.82, 2.24) is 9.80 Å². The van der Waals surface area contributed by atoms with Crippen molar-refractivity contribution < 1.29 is 22.7 Å². The number of ether oxygens (including phenoxy) is 1. The zero-order valence-corrected chi connectivity index (χ0v) is 12.0. The highest BCUT2D eigenvalue weighted by atomic mass is 35.5. The normalized spacial score (nSPS) is 14.4. The van der Waals surface area contributed by atoms with Gasteiger partial charge in [0.25, 0.3) is 0 Å². The van der Waals surface area contributed by atoms with Crippen LogP contribution in [0.25, 0.3) is 0 Å². The Bertz CT molecular complexity index is 600. The minimum absolute atomic E-state index is 0.118. The largest absolute Gasteiger partial charge is 0.457 e. The molecule has 0 radical (unpaired) electrons. The van der Waals surface area contributed by atoms with E-state index in [0.717, 1.165) is 18.2 Å². The van der Waals surface area contributed by atoms with E-state index in [1.165, 1.54) is 16.0 Å². The molecule has 0 saturated carbocycles. The van der Waals surface area contributed by atoms with Gasteiger partial charge in [0.05, 0.1) is 17.1 Å². The molecule has 1 heterocycles.